The third-order valence-corrected chi connectivity index (χ3v) is 3.67. The van der Waals surface area contributed by atoms with Gasteiger partial charge >= 0.3 is 0 Å². The van der Waals surface area contributed by atoms with E-state index in [2.05, 4.69) is 9.62 Å². The Balaban J connectivity index is 2.17. The van der Waals surface area contributed by atoms with Crippen molar-refractivity contribution in [2.45, 2.75) is 12.5 Å². The van der Waals surface area contributed by atoms with E-state index < -0.39 is 11.3 Å². The van der Waals surface area contributed by atoms with Crippen LogP contribution in [0, 0.1) is 0 Å². The minimum absolute atomic E-state index is 0.130. The molecule has 1 aliphatic heterocycles. The van der Waals surface area contributed by atoms with E-state index in [-0.39, 0.29) is 5.60 Å². The molecule has 0 radical (unpaired) electrons. The highest BCUT2D eigenvalue weighted by Crippen LogP contribution is 2.35. The van der Waals surface area contributed by atoms with E-state index in [4.69, 9.17) is 9.47 Å². The van der Waals surface area contributed by atoms with Crippen LogP contribution in [0.4, 0.5) is 11.4 Å². The summed E-state index contributed by atoms with van der Waals surface area (Å²) in [5, 5.41) is 0. The molecule has 0 aliphatic carbocycles. The molecule has 6 nitrogen and oxygen atoms in total. The second-order valence-corrected chi connectivity index (χ2v) is 5.40. The van der Waals surface area contributed by atoms with Crippen LogP contribution in [-0.4, -0.2) is 41.7 Å². The molecule has 1 aromatic rings. The summed E-state index contributed by atoms with van der Waals surface area (Å²) in [7, 11) is 3.19. The lowest BCUT2D eigenvalue weighted by molar-refractivity contribution is -0.0167. The highest BCUT2D eigenvalue weighted by atomic mass is 32.2. The predicted octanol–water partition coefficient (Wildman–Crippen LogP) is 1.13. The summed E-state index contributed by atoms with van der Waals surface area (Å²) in [6, 6.07) is 5.39. The Bertz CT molecular complexity index is 489. The monoisotopic (exact) mass is 285 g/mol. The van der Waals surface area contributed by atoms with Crippen molar-refractivity contribution in [2.75, 3.05) is 36.9 Å². The minimum Gasteiger partial charge on any atom is -0.755 e. The average molecular weight is 285 g/mol. The van der Waals surface area contributed by atoms with E-state index in [0.717, 1.165) is 18.8 Å². The standard InChI is InChI=1S/C12H18N2O4S/c1-12(18-3)7-14(8-12)9-4-5-11(17-2)10(6-9)13-19(15)16/h4-6,13H,7-8H2,1-3H3,(H,15,16)/p-1. The number of benzene rings is 1. The molecular weight excluding hydrogens is 268 g/mol. The molecule has 1 unspecified atom stereocenters. The van der Waals surface area contributed by atoms with Crippen molar-refractivity contribution in [1.82, 2.24) is 0 Å². The molecule has 0 aromatic heterocycles. The van der Waals surface area contributed by atoms with Gasteiger partial charge in [-0.2, -0.15) is 0 Å². The molecule has 1 heterocycles. The Morgan fingerprint density at radius 3 is 2.63 bits per heavy atom. The maximum atomic E-state index is 10.8. The highest BCUT2D eigenvalue weighted by molar-refractivity contribution is 7.80. The number of ether oxygens (including phenoxy) is 2. The van der Waals surface area contributed by atoms with Crippen LogP contribution in [-0.2, 0) is 16.0 Å². The Morgan fingerprint density at radius 2 is 2.11 bits per heavy atom. The van der Waals surface area contributed by atoms with Crippen LogP contribution in [0.25, 0.3) is 0 Å². The fourth-order valence-electron chi connectivity index (χ4n) is 2.14. The molecule has 0 saturated carbocycles. The first-order valence-electron chi connectivity index (χ1n) is 5.81. The molecule has 1 fully saturated rings. The predicted molar refractivity (Wildman–Crippen MR) is 73.2 cm³/mol. The number of anilines is 2. The van der Waals surface area contributed by atoms with E-state index in [1.54, 1.807) is 19.2 Å². The molecule has 0 bridgehead atoms. The fourth-order valence-corrected chi connectivity index (χ4v) is 2.47. The Morgan fingerprint density at radius 1 is 1.42 bits per heavy atom. The van der Waals surface area contributed by atoms with Gasteiger partial charge in [0.25, 0.3) is 0 Å². The van der Waals surface area contributed by atoms with Crippen molar-refractivity contribution in [3.63, 3.8) is 0 Å². The zero-order valence-electron chi connectivity index (χ0n) is 11.1. The quantitative estimate of drug-likeness (QED) is 0.821. The lowest BCUT2D eigenvalue weighted by atomic mass is 9.95. The van der Waals surface area contributed by atoms with Gasteiger partial charge in [0.2, 0.25) is 0 Å². The molecule has 106 valence electrons. The Hall–Kier alpha value is -1.31. The van der Waals surface area contributed by atoms with E-state index in [0.29, 0.717) is 11.4 Å². The number of nitrogens with zero attached hydrogens (tertiary/aromatic N) is 1. The van der Waals surface area contributed by atoms with Crippen LogP contribution in [0.5, 0.6) is 5.75 Å². The molecule has 1 N–H and O–H groups in total. The van der Waals surface area contributed by atoms with E-state index in [1.807, 2.05) is 13.0 Å². The first-order chi connectivity index (χ1) is 8.97. The Kier molecular flexibility index (Phi) is 3.98. The summed E-state index contributed by atoms with van der Waals surface area (Å²) in [5.74, 6) is 0.489. The first-order valence-corrected chi connectivity index (χ1v) is 6.89. The van der Waals surface area contributed by atoms with Gasteiger partial charge in [-0.3, -0.25) is 4.21 Å². The molecule has 0 amide bonds. The van der Waals surface area contributed by atoms with Crippen molar-refractivity contribution in [3.8, 4) is 5.75 Å². The van der Waals surface area contributed by atoms with Crippen molar-refractivity contribution < 1.29 is 18.2 Å². The van der Waals surface area contributed by atoms with Gasteiger partial charge in [0.15, 0.2) is 0 Å². The van der Waals surface area contributed by atoms with E-state index >= 15 is 0 Å². The first kappa shape index (κ1) is 14.1. The van der Waals surface area contributed by atoms with Gasteiger partial charge in [0, 0.05) is 37.2 Å². The lowest BCUT2D eigenvalue weighted by Crippen LogP contribution is -2.61. The molecule has 1 aromatic carbocycles. The summed E-state index contributed by atoms with van der Waals surface area (Å²) in [4.78, 5) is 2.11. The lowest BCUT2D eigenvalue weighted by Gasteiger charge is -2.48. The van der Waals surface area contributed by atoms with Crippen LogP contribution < -0.4 is 14.4 Å². The average Bonchev–Trinajstić information content (AvgIpc) is 2.34. The van der Waals surface area contributed by atoms with E-state index in [9.17, 15) is 8.76 Å². The van der Waals surface area contributed by atoms with Crippen LogP contribution in [0.15, 0.2) is 18.2 Å². The molecule has 0 spiro atoms. The molecule has 2 rings (SSSR count). The zero-order chi connectivity index (χ0) is 14.0. The largest absolute Gasteiger partial charge is 0.755 e. The summed E-state index contributed by atoms with van der Waals surface area (Å²) in [6.45, 7) is 3.59. The summed E-state index contributed by atoms with van der Waals surface area (Å²) < 4.78 is 34.3. The smallest absolute Gasteiger partial charge is 0.142 e. The molecule has 19 heavy (non-hydrogen) atoms. The number of rotatable bonds is 5. The maximum absolute atomic E-state index is 10.8. The van der Waals surface area contributed by atoms with Gasteiger partial charge in [0.1, 0.15) is 5.75 Å². The summed E-state index contributed by atoms with van der Waals surface area (Å²) in [5.41, 5.74) is 1.23. The molecule has 1 aliphatic rings. The summed E-state index contributed by atoms with van der Waals surface area (Å²) in [6.07, 6.45) is 0. The zero-order valence-corrected chi connectivity index (χ0v) is 12.0. The normalized spacial score (nSPS) is 18.6. The number of methoxy groups -OCH3 is 2. The topological polar surface area (TPSA) is 73.9 Å². The highest BCUT2D eigenvalue weighted by Gasteiger charge is 2.39. The van der Waals surface area contributed by atoms with Crippen molar-refractivity contribution >= 4 is 22.6 Å². The van der Waals surface area contributed by atoms with Crippen LogP contribution in [0.2, 0.25) is 0 Å². The van der Waals surface area contributed by atoms with Gasteiger partial charge in [-0.05, 0) is 25.1 Å². The summed E-state index contributed by atoms with van der Waals surface area (Å²) >= 11 is -2.37. The Labute approximate surface area is 115 Å². The van der Waals surface area contributed by atoms with Gasteiger partial charge < -0.3 is 23.6 Å². The van der Waals surface area contributed by atoms with Gasteiger partial charge in [0.05, 0.1) is 18.4 Å². The van der Waals surface area contributed by atoms with Crippen LogP contribution in [0.1, 0.15) is 6.92 Å². The number of hydrogen-bond acceptors (Lipinski definition) is 5. The molecule has 1 atom stereocenters. The van der Waals surface area contributed by atoms with Crippen molar-refractivity contribution in [3.05, 3.63) is 18.2 Å². The minimum atomic E-state index is -2.37. The molecular formula is C12H17N2O4S-. The van der Waals surface area contributed by atoms with Gasteiger partial charge in [-0.1, -0.05) is 0 Å². The van der Waals surface area contributed by atoms with Crippen molar-refractivity contribution in [2.24, 2.45) is 0 Å². The van der Waals surface area contributed by atoms with E-state index in [1.165, 1.54) is 7.11 Å². The second-order valence-electron chi connectivity index (χ2n) is 4.73. The van der Waals surface area contributed by atoms with Crippen molar-refractivity contribution in [1.29, 1.82) is 0 Å². The number of hydrogen-bond donors (Lipinski definition) is 1. The van der Waals surface area contributed by atoms with Gasteiger partial charge in [-0.15, -0.1) is 0 Å². The third-order valence-electron chi connectivity index (χ3n) is 3.28. The fraction of sp³-hybridized carbons (Fsp3) is 0.500. The number of nitrogens with one attached hydrogen (secondary N) is 1. The van der Waals surface area contributed by atoms with Crippen LogP contribution >= 0.6 is 0 Å². The molecule has 7 heteroatoms. The maximum Gasteiger partial charge on any atom is 0.142 e. The third kappa shape index (κ3) is 2.99. The SMILES string of the molecule is COc1ccc(N2CC(C)(OC)C2)cc1NS(=O)[O-]. The van der Waals surface area contributed by atoms with Crippen LogP contribution in [0.3, 0.4) is 0 Å². The molecule has 1 saturated heterocycles. The van der Waals surface area contributed by atoms with Gasteiger partial charge in [-0.25, -0.2) is 0 Å². The second kappa shape index (κ2) is 5.36.